The lowest BCUT2D eigenvalue weighted by atomic mass is 10.2. The summed E-state index contributed by atoms with van der Waals surface area (Å²) < 4.78 is 1.92. The Morgan fingerprint density at radius 2 is 2.14 bits per heavy atom. The Kier molecular flexibility index (Phi) is 3.65. The number of nitrogens with one attached hydrogen (secondary N) is 1. The average molecular weight is 362 g/mol. The van der Waals surface area contributed by atoms with Crippen molar-refractivity contribution in [1.82, 2.24) is 4.98 Å². The number of benzene rings is 1. The second-order valence-electron chi connectivity index (χ2n) is 4.68. The first-order valence-electron chi connectivity index (χ1n) is 6.25. The number of carbonyl (C=O) groups is 1. The smallest absolute Gasteiger partial charge is 0.266 e. The molecule has 0 fully saturated rings. The highest BCUT2D eigenvalue weighted by Crippen LogP contribution is 2.28. The van der Waals surface area contributed by atoms with Gasteiger partial charge in [-0.15, -0.1) is 11.3 Å². The molecule has 1 amide bonds. The summed E-state index contributed by atoms with van der Waals surface area (Å²) in [5.41, 5.74) is 7.35. The van der Waals surface area contributed by atoms with Crippen LogP contribution in [0.25, 0.3) is 10.1 Å². The van der Waals surface area contributed by atoms with Gasteiger partial charge in [-0.05, 0) is 64.1 Å². The maximum atomic E-state index is 12.3. The van der Waals surface area contributed by atoms with Crippen molar-refractivity contribution in [1.29, 1.82) is 0 Å². The fraction of sp³-hybridized carbons (Fsp3) is 0.0667. The van der Waals surface area contributed by atoms with Crippen molar-refractivity contribution in [2.45, 2.75) is 6.92 Å². The zero-order valence-corrected chi connectivity index (χ0v) is 13.6. The van der Waals surface area contributed by atoms with Crippen LogP contribution >= 0.6 is 27.3 Å². The van der Waals surface area contributed by atoms with Crippen molar-refractivity contribution in [3.63, 3.8) is 0 Å². The lowest BCUT2D eigenvalue weighted by molar-refractivity contribution is 0.103. The molecule has 0 bridgehead atoms. The van der Waals surface area contributed by atoms with E-state index in [0.717, 1.165) is 20.1 Å². The van der Waals surface area contributed by atoms with Crippen LogP contribution in [0.4, 0.5) is 11.5 Å². The summed E-state index contributed by atoms with van der Waals surface area (Å²) in [6.45, 7) is 1.90. The van der Waals surface area contributed by atoms with E-state index in [4.69, 9.17) is 5.73 Å². The monoisotopic (exact) mass is 361 g/mol. The number of nitrogens with zero attached hydrogens (tertiary/aromatic N) is 1. The van der Waals surface area contributed by atoms with Crippen LogP contribution in [0, 0.1) is 6.92 Å². The number of hydrogen-bond acceptors (Lipinski definition) is 4. The number of aryl methyl sites for hydroxylation is 1. The molecule has 2 aromatic heterocycles. The number of halogens is 1. The minimum atomic E-state index is -0.160. The predicted octanol–water partition coefficient (Wildman–Crippen LogP) is 4.20. The van der Waals surface area contributed by atoms with Gasteiger partial charge < -0.3 is 11.1 Å². The van der Waals surface area contributed by atoms with Crippen LogP contribution in [0.5, 0.6) is 0 Å². The minimum Gasteiger partial charge on any atom is -0.399 e. The maximum absolute atomic E-state index is 12.3. The summed E-state index contributed by atoms with van der Waals surface area (Å²) in [6, 6.07) is 9.38. The van der Waals surface area contributed by atoms with Crippen molar-refractivity contribution < 1.29 is 4.79 Å². The van der Waals surface area contributed by atoms with E-state index in [1.165, 1.54) is 11.3 Å². The highest BCUT2D eigenvalue weighted by Gasteiger charge is 2.12. The molecule has 0 atom stereocenters. The molecule has 3 rings (SSSR count). The van der Waals surface area contributed by atoms with Crippen LogP contribution < -0.4 is 11.1 Å². The molecular formula is C15H12BrN3OS. The van der Waals surface area contributed by atoms with Crippen LogP contribution in [0.3, 0.4) is 0 Å². The third-order valence-corrected chi connectivity index (χ3v) is 4.59. The maximum Gasteiger partial charge on any atom is 0.266 e. The Hall–Kier alpha value is -1.92. The van der Waals surface area contributed by atoms with Crippen LogP contribution in [0.2, 0.25) is 0 Å². The van der Waals surface area contributed by atoms with E-state index in [1.54, 1.807) is 6.20 Å². The molecule has 21 heavy (non-hydrogen) atoms. The van der Waals surface area contributed by atoms with Crippen molar-refractivity contribution >= 4 is 54.8 Å². The summed E-state index contributed by atoms with van der Waals surface area (Å²) in [5.74, 6) is 0.410. The molecule has 0 radical (unpaired) electrons. The molecule has 0 aliphatic rings. The summed E-state index contributed by atoms with van der Waals surface area (Å²) >= 11 is 4.79. The molecule has 0 aliphatic carbocycles. The molecule has 4 nitrogen and oxygen atoms in total. The van der Waals surface area contributed by atoms with Crippen molar-refractivity contribution in [2.24, 2.45) is 0 Å². The van der Waals surface area contributed by atoms with E-state index in [0.29, 0.717) is 16.4 Å². The van der Waals surface area contributed by atoms with Gasteiger partial charge >= 0.3 is 0 Å². The second-order valence-corrected chi connectivity index (χ2v) is 6.68. The number of nitrogens with two attached hydrogens (primary N) is 1. The fourth-order valence-corrected chi connectivity index (χ4v) is 3.40. The molecule has 1 aromatic carbocycles. The number of aromatic nitrogens is 1. The molecule has 0 spiro atoms. The Bertz CT molecular complexity index is 844. The van der Waals surface area contributed by atoms with E-state index in [2.05, 4.69) is 26.2 Å². The van der Waals surface area contributed by atoms with Gasteiger partial charge in [0.25, 0.3) is 5.91 Å². The molecule has 3 N–H and O–H groups in total. The first kappa shape index (κ1) is 14.0. The van der Waals surface area contributed by atoms with E-state index in [9.17, 15) is 4.79 Å². The number of fused-ring (bicyclic) bond motifs is 1. The van der Waals surface area contributed by atoms with Crippen molar-refractivity contribution in [2.75, 3.05) is 11.1 Å². The van der Waals surface area contributed by atoms with Crippen LogP contribution in [-0.4, -0.2) is 10.9 Å². The number of rotatable bonds is 2. The van der Waals surface area contributed by atoms with Gasteiger partial charge in [-0.2, -0.15) is 0 Å². The van der Waals surface area contributed by atoms with Gasteiger partial charge in [0.15, 0.2) is 0 Å². The Morgan fingerprint density at radius 1 is 1.33 bits per heavy atom. The van der Waals surface area contributed by atoms with Crippen molar-refractivity contribution in [3.05, 3.63) is 51.4 Å². The first-order chi connectivity index (χ1) is 10.0. The summed E-state index contributed by atoms with van der Waals surface area (Å²) in [5, 5.41) is 3.82. The minimum absolute atomic E-state index is 0.160. The largest absolute Gasteiger partial charge is 0.399 e. The molecule has 0 saturated heterocycles. The van der Waals surface area contributed by atoms with Crippen molar-refractivity contribution in [3.8, 4) is 0 Å². The van der Waals surface area contributed by atoms with Gasteiger partial charge in [0.1, 0.15) is 5.82 Å². The number of amides is 1. The number of nitrogen functional groups attached to an aromatic ring is 1. The zero-order chi connectivity index (χ0) is 15.0. The first-order valence-corrected chi connectivity index (χ1v) is 7.86. The Labute approximate surface area is 134 Å². The van der Waals surface area contributed by atoms with Gasteiger partial charge in [0.05, 0.1) is 4.88 Å². The SMILES string of the molecule is Cc1cc(Br)cnc1NC(=O)c1cc2cc(N)ccc2s1. The fourth-order valence-electron chi connectivity index (χ4n) is 2.01. The second kappa shape index (κ2) is 5.46. The topological polar surface area (TPSA) is 68.0 Å². The standard InChI is InChI=1S/C15H12BrN3OS/c1-8-4-10(16)7-18-14(8)19-15(20)13-6-9-5-11(17)2-3-12(9)21-13/h2-7H,17H2,1H3,(H,18,19,20). The van der Waals surface area contributed by atoms with Crippen LogP contribution in [0.1, 0.15) is 15.2 Å². The van der Waals surface area contributed by atoms with Gasteiger partial charge in [0, 0.05) is 21.1 Å². The molecule has 0 unspecified atom stereocenters. The lowest BCUT2D eigenvalue weighted by Crippen LogP contribution is -2.12. The van der Waals surface area contributed by atoms with E-state index in [1.807, 2.05) is 37.3 Å². The molecule has 0 saturated carbocycles. The highest BCUT2D eigenvalue weighted by atomic mass is 79.9. The normalized spacial score (nSPS) is 10.8. The Balaban J connectivity index is 1.89. The number of anilines is 2. The highest BCUT2D eigenvalue weighted by molar-refractivity contribution is 9.10. The average Bonchev–Trinajstić information content (AvgIpc) is 2.85. The quantitative estimate of drug-likeness (QED) is 0.672. The van der Waals surface area contributed by atoms with Gasteiger partial charge in [-0.25, -0.2) is 4.98 Å². The predicted molar refractivity (Wildman–Crippen MR) is 90.9 cm³/mol. The molecular weight excluding hydrogens is 350 g/mol. The molecule has 6 heteroatoms. The number of hydrogen-bond donors (Lipinski definition) is 2. The van der Waals surface area contributed by atoms with Crippen LogP contribution in [-0.2, 0) is 0 Å². The van der Waals surface area contributed by atoms with E-state index < -0.39 is 0 Å². The lowest BCUT2D eigenvalue weighted by Gasteiger charge is -2.06. The van der Waals surface area contributed by atoms with E-state index >= 15 is 0 Å². The molecule has 3 aromatic rings. The third kappa shape index (κ3) is 2.91. The van der Waals surface area contributed by atoms with E-state index in [-0.39, 0.29) is 5.91 Å². The summed E-state index contributed by atoms with van der Waals surface area (Å²) in [4.78, 5) is 17.2. The molecule has 0 aliphatic heterocycles. The number of thiophene rings is 1. The summed E-state index contributed by atoms with van der Waals surface area (Å²) in [7, 11) is 0. The molecule has 106 valence electrons. The van der Waals surface area contributed by atoms with Crippen LogP contribution in [0.15, 0.2) is 41.0 Å². The number of pyridine rings is 1. The van der Waals surface area contributed by atoms with Gasteiger partial charge in [0.2, 0.25) is 0 Å². The zero-order valence-electron chi connectivity index (χ0n) is 11.2. The summed E-state index contributed by atoms with van der Waals surface area (Å²) in [6.07, 6.45) is 1.66. The molecule has 2 heterocycles. The number of carbonyl (C=O) groups excluding carboxylic acids is 1. The third-order valence-electron chi connectivity index (χ3n) is 3.04. The van der Waals surface area contributed by atoms with Gasteiger partial charge in [-0.1, -0.05) is 0 Å². The Morgan fingerprint density at radius 3 is 2.90 bits per heavy atom. The van der Waals surface area contributed by atoms with Gasteiger partial charge in [-0.3, -0.25) is 4.79 Å².